The van der Waals surface area contributed by atoms with Gasteiger partial charge in [-0.1, -0.05) is 44.2 Å². The molecule has 0 saturated heterocycles. The molecule has 0 radical (unpaired) electrons. The summed E-state index contributed by atoms with van der Waals surface area (Å²) in [5.74, 6) is 0.652. The summed E-state index contributed by atoms with van der Waals surface area (Å²) < 4.78 is 57.5. The van der Waals surface area contributed by atoms with Gasteiger partial charge in [-0.25, -0.2) is 4.79 Å². The Morgan fingerprint density at radius 1 is 1.00 bits per heavy atom. The van der Waals surface area contributed by atoms with Gasteiger partial charge in [-0.3, -0.25) is 14.3 Å². The molecular weight excluding hydrogens is 525 g/mol. The highest BCUT2D eigenvalue weighted by Crippen LogP contribution is 2.37. The lowest BCUT2D eigenvalue weighted by Gasteiger charge is -2.29. The number of aromatic nitrogens is 1. The number of benzene rings is 2. The molecule has 0 fully saturated rings. The Hall–Kier alpha value is -3.69. The zero-order valence-corrected chi connectivity index (χ0v) is 23.8. The second kappa shape index (κ2) is 12.7. The molecule has 1 heterocycles. The summed E-state index contributed by atoms with van der Waals surface area (Å²) in [5, 5.41) is 0.618. The minimum absolute atomic E-state index is 0.00694. The van der Waals surface area contributed by atoms with Crippen LogP contribution in [0.5, 0.6) is 11.5 Å². The molecule has 40 heavy (non-hydrogen) atoms. The van der Waals surface area contributed by atoms with E-state index in [4.69, 9.17) is 14.2 Å². The van der Waals surface area contributed by atoms with Crippen molar-refractivity contribution in [3.63, 3.8) is 0 Å². The third kappa shape index (κ3) is 8.40. The highest BCUT2D eigenvalue weighted by Gasteiger charge is 2.30. The van der Waals surface area contributed by atoms with Crippen LogP contribution in [0.4, 0.5) is 23.8 Å². The fourth-order valence-electron chi connectivity index (χ4n) is 4.09. The van der Waals surface area contributed by atoms with Gasteiger partial charge in [0, 0.05) is 25.4 Å². The quantitative estimate of drug-likeness (QED) is 0.242. The van der Waals surface area contributed by atoms with E-state index in [0.29, 0.717) is 16.5 Å². The number of rotatable bonds is 10. The molecule has 0 aliphatic carbocycles. The summed E-state index contributed by atoms with van der Waals surface area (Å²) in [6.07, 6.45) is -6.40. The van der Waals surface area contributed by atoms with Crippen molar-refractivity contribution in [2.24, 2.45) is 5.92 Å². The van der Waals surface area contributed by atoms with Crippen LogP contribution < -0.4 is 19.9 Å². The first-order chi connectivity index (χ1) is 18.7. The van der Waals surface area contributed by atoms with Crippen molar-refractivity contribution in [1.29, 1.82) is 0 Å². The van der Waals surface area contributed by atoms with Crippen molar-refractivity contribution in [3.8, 4) is 11.5 Å². The zero-order valence-electron chi connectivity index (χ0n) is 23.8. The molecule has 2 aromatic carbocycles. The third-order valence-corrected chi connectivity index (χ3v) is 5.80. The second-order valence-electron chi connectivity index (χ2n) is 11.1. The van der Waals surface area contributed by atoms with Gasteiger partial charge in [0.15, 0.2) is 11.6 Å². The van der Waals surface area contributed by atoms with Crippen LogP contribution in [0, 0.1) is 5.92 Å². The Balaban J connectivity index is 2.16. The summed E-state index contributed by atoms with van der Waals surface area (Å²) in [5.41, 5.74) is -0.257. The molecule has 3 rings (SSSR count). The van der Waals surface area contributed by atoms with Gasteiger partial charge >= 0.3 is 12.3 Å². The van der Waals surface area contributed by atoms with E-state index in [2.05, 4.69) is 0 Å². The minimum Gasteiger partial charge on any atom is -0.489 e. The maximum absolute atomic E-state index is 13.7. The molecule has 218 valence electrons. The van der Waals surface area contributed by atoms with E-state index in [1.807, 2.05) is 44.2 Å². The lowest BCUT2D eigenvalue weighted by atomic mass is 10.1. The maximum atomic E-state index is 13.7. The molecule has 0 aliphatic rings. The molecule has 0 unspecified atom stereocenters. The lowest BCUT2D eigenvalue weighted by molar-refractivity contribution is -0.136. The number of carbonyl (C=O) groups excluding carboxylic acids is 1. The van der Waals surface area contributed by atoms with E-state index in [1.54, 1.807) is 39.0 Å². The predicted molar refractivity (Wildman–Crippen MR) is 149 cm³/mol. The standard InChI is InChI=1S/C30H37F3N2O5/c1-20(2)18-35-26(34(6)28(37)40-29(3,4)5)25(38-16-10-15-30(31,32)33)24-17-22(13-14-23(24)27(35)36)39-19-21-11-8-7-9-12-21/h7-9,11-14,17,20H,10,15-16,18-19H2,1-6H3. The monoisotopic (exact) mass is 562 g/mol. The maximum Gasteiger partial charge on any atom is 0.415 e. The van der Waals surface area contributed by atoms with Gasteiger partial charge < -0.3 is 14.2 Å². The number of hydrogen-bond donors (Lipinski definition) is 0. The highest BCUT2D eigenvalue weighted by atomic mass is 19.4. The van der Waals surface area contributed by atoms with Crippen LogP contribution in [-0.2, 0) is 17.9 Å². The van der Waals surface area contributed by atoms with Crippen molar-refractivity contribution in [1.82, 2.24) is 4.57 Å². The lowest BCUT2D eigenvalue weighted by Crippen LogP contribution is -2.38. The van der Waals surface area contributed by atoms with Gasteiger partial charge in [-0.05, 0) is 56.9 Å². The SMILES string of the molecule is CC(C)Cn1c(N(C)C(=O)OC(C)(C)C)c(OCCCC(F)(F)F)c2cc(OCc3ccccc3)ccc2c1=O. The van der Waals surface area contributed by atoms with E-state index in [0.717, 1.165) is 5.56 Å². The van der Waals surface area contributed by atoms with Crippen LogP contribution in [0.25, 0.3) is 10.8 Å². The Bertz CT molecular complexity index is 1360. The fourth-order valence-corrected chi connectivity index (χ4v) is 4.09. The first-order valence-corrected chi connectivity index (χ1v) is 13.2. The summed E-state index contributed by atoms with van der Waals surface area (Å²) >= 11 is 0. The van der Waals surface area contributed by atoms with Crippen molar-refractivity contribution >= 4 is 22.7 Å². The van der Waals surface area contributed by atoms with E-state index < -0.39 is 24.3 Å². The van der Waals surface area contributed by atoms with Crippen LogP contribution in [0.3, 0.4) is 0 Å². The molecule has 3 aromatic rings. The summed E-state index contributed by atoms with van der Waals surface area (Å²) in [4.78, 5) is 28.1. The molecule has 1 amide bonds. The molecule has 7 nitrogen and oxygen atoms in total. The molecule has 0 aliphatic heterocycles. The van der Waals surface area contributed by atoms with Crippen LogP contribution in [0.15, 0.2) is 53.3 Å². The van der Waals surface area contributed by atoms with Crippen LogP contribution >= 0.6 is 0 Å². The second-order valence-corrected chi connectivity index (χ2v) is 11.1. The first-order valence-electron chi connectivity index (χ1n) is 13.2. The number of amides is 1. The van der Waals surface area contributed by atoms with Gasteiger partial charge in [-0.2, -0.15) is 13.2 Å². The number of alkyl halides is 3. The molecule has 0 spiro atoms. The Kier molecular flexibility index (Phi) is 9.76. The predicted octanol–water partition coefficient (Wildman–Crippen LogP) is 7.33. The van der Waals surface area contributed by atoms with Gasteiger partial charge in [-0.15, -0.1) is 0 Å². The molecule has 0 bridgehead atoms. The molecule has 1 aromatic heterocycles. The Morgan fingerprint density at radius 2 is 1.68 bits per heavy atom. The average molecular weight is 563 g/mol. The van der Waals surface area contributed by atoms with Crippen molar-refractivity contribution in [2.45, 2.75) is 72.4 Å². The Labute approximate surface area is 232 Å². The first kappa shape index (κ1) is 30.8. The van der Waals surface area contributed by atoms with Gasteiger partial charge in [0.05, 0.1) is 12.0 Å². The van der Waals surface area contributed by atoms with Gasteiger partial charge in [0.25, 0.3) is 5.56 Å². The van der Waals surface area contributed by atoms with Crippen molar-refractivity contribution < 1.29 is 32.2 Å². The largest absolute Gasteiger partial charge is 0.489 e. The van der Waals surface area contributed by atoms with Gasteiger partial charge in [0.2, 0.25) is 0 Å². The number of nitrogens with zero attached hydrogens (tertiary/aromatic N) is 2. The number of carbonyl (C=O) groups is 1. The number of anilines is 1. The number of fused-ring (bicyclic) bond motifs is 1. The van der Waals surface area contributed by atoms with E-state index in [9.17, 15) is 22.8 Å². The number of hydrogen-bond acceptors (Lipinski definition) is 5. The summed E-state index contributed by atoms with van der Waals surface area (Å²) in [6.45, 7) is 9.20. The van der Waals surface area contributed by atoms with Gasteiger partial charge in [0.1, 0.15) is 18.0 Å². The third-order valence-electron chi connectivity index (χ3n) is 5.80. The van der Waals surface area contributed by atoms with Crippen molar-refractivity contribution in [2.75, 3.05) is 18.6 Å². The fraction of sp³-hybridized carbons (Fsp3) is 0.467. The topological polar surface area (TPSA) is 70.0 Å². The average Bonchev–Trinajstić information content (AvgIpc) is 2.86. The minimum atomic E-state index is -4.34. The smallest absolute Gasteiger partial charge is 0.415 e. The summed E-state index contributed by atoms with van der Waals surface area (Å²) in [6, 6.07) is 14.4. The number of halogens is 3. The number of ether oxygens (including phenoxy) is 3. The van der Waals surface area contributed by atoms with Crippen LogP contribution in [0.1, 0.15) is 53.0 Å². The highest BCUT2D eigenvalue weighted by molar-refractivity contribution is 5.97. The van der Waals surface area contributed by atoms with Crippen LogP contribution in [0.2, 0.25) is 0 Å². The Morgan fingerprint density at radius 3 is 2.27 bits per heavy atom. The summed E-state index contributed by atoms with van der Waals surface area (Å²) in [7, 11) is 1.45. The number of pyridine rings is 1. The molecule has 0 atom stereocenters. The van der Waals surface area contributed by atoms with Crippen molar-refractivity contribution in [3.05, 3.63) is 64.4 Å². The molecule has 0 N–H and O–H groups in total. The van der Waals surface area contributed by atoms with E-state index in [1.165, 1.54) is 16.5 Å². The molecule has 0 saturated carbocycles. The molecule has 10 heteroatoms. The van der Waals surface area contributed by atoms with Crippen LogP contribution in [-0.4, -0.2) is 36.1 Å². The van der Waals surface area contributed by atoms with E-state index >= 15 is 0 Å². The van der Waals surface area contributed by atoms with E-state index in [-0.39, 0.29) is 49.2 Å². The normalized spacial score (nSPS) is 12.1. The zero-order chi connectivity index (χ0) is 29.7. The molecular formula is C30H37F3N2O5.